The van der Waals surface area contributed by atoms with Crippen LogP contribution in [0.1, 0.15) is 29.1 Å². The molecule has 3 heterocycles. The van der Waals surface area contributed by atoms with Gasteiger partial charge in [0.2, 0.25) is 0 Å². The van der Waals surface area contributed by atoms with Gasteiger partial charge in [0.05, 0.1) is 30.2 Å². The molecular weight excluding hydrogens is 310 g/mol. The normalized spacial score (nSPS) is 13.6. The number of fused-ring (bicyclic) bond motifs is 2. The molecule has 2 aromatic heterocycles. The number of nitrogens with one attached hydrogen (secondary N) is 1. The van der Waals surface area contributed by atoms with E-state index in [2.05, 4.69) is 35.7 Å². The van der Waals surface area contributed by atoms with E-state index in [1.165, 1.54) is 16.6 Å². The lowest BCUT2D eigenvalue weighted by molar-refractivity contribution is 0.556. The van der Waals surface area contributed by atoms with E-state index in [1.807, 2.05) is 16.8 Å². The van der Waals surface area contributed by atoms with Crippen molar-refractivity contribution in [2.45, 2.75) is 38.8 Å². The van der Waals surface area contributed by atoms with Crippen LogP contribution in [-0.4, -0.2) is 21.3 Å². The molecule has 0 saturated carbocycles. The Morgan fingerprint density at radius 3 is 3.00 bits per heavy atom. The number of rotatable bonds is 5. The molecule has 4 rings (SSSR count). The van der Waals surface area contributed by atoms with Crippen LogP contribution in [-0.2, 0) is 32.4 Å². The molecule has 0 atom stereocenters. The Hall–Kier alpha value is -2.71. The monoisotopic (exact) mass is 331 g/mol. The molecule has 1 N–H and O–H groups in total. The second-order valence-corrected chi connectivity index (χ2v) is 6.43. The van der Waals surface area contributed by atoms with Crippen LogP contribution in [0.2, 0.25) is 0 Å². The molecular formula is C20H21N5. The van der Waals surface area contributed by atoms with Crippen molar-refractivity contribution in [3.8, 4) is 6.07 Å². The standard InChI is InChI=1S/C20H21N5/c21-11-3-13-25-20-10-12-22-14-17(20)19(24-25)9-8-16-7-6-15-4-1-2-5-18(15)23-16/h1-2,4-7,22H,3,8-10,12-14H2. The molecule has 25 heavy (non-hydrogen) atoms. The predicted octanol–water partition coefficient (Wildman–Crippen LogP) is 2.78. The van der Waals surface area contributed by atoms with Gasteiger partial charge in [0, 0.05) is 41.8 Å². The van der Waals surface area contributed by atoms with Crippen molar-refractivity contribution in [3.63, 3.8) is 0 Å². The Balaban J connectivity index is 1.55. The first-order chi connectivity index (χ1) is 12.3. The minimum atomic E-state index is 0.507. The number of para-hydroxylation sites is 1. The van der Waals surface area contributed by atoms with Crippen molar-refractivity contribution in [1.29, 1.82) is 5.26 Å². The quantitative estimate of drug-likeness (QED) is 0.781. The summed E-state index contributed by atoms with van der Waals surface area (Å²) in [5.74, 6) is 0. The van der Waals surface area contributed by atoms with Crippen molar-refractivity contribution in [2.24, 2.45) is 0 Å². The lowest BCUT2D eigenvalue weighted by Gasteiger charge is -2.15. The predicted molar refractivity (Wildman–Crippen MR) is 97.0 cm³/mol. The molecule has 3 aromatic rings. The zero-order chi connectivity index (χ0) is 17.1. The lowest BCUT2D eigenvalue weighted by atomic mass is 10.0. The smallest absolute Gasteiger partial charge is 0.0705 e. The van der Waals surface area contributed by atoms with Crippen LogP contribution in [0.15, 0.2) is 36.4 Å². The molecule has 5 nitrogen and oxygen atoms in total. The molecule has 0 fully saturated rings. The third-order valence-electron chi connectivity index (χ3n) is 4.80. The summed E-state index contributed by atoms with van der Waals surface area (Å²) in [4.78, 5) is 4.77. The molecule has 0 saturated heterocycles. The molecule has 0 amide bonds. The maximum atomic E-state index is 8.87. The Kier molecular flexibility index (Phi) is 4.45. The highest BCUT2D eigenvalue weighted by molar-refractivity contribution is 5.78. The fourth-order valence-electron chi connectivity index (χ4n) is 3.53. The molecule has 0 radical (unpaired) electrons. The van der Waals surface area contributed by atoms with Crippen LogP contribution in [0, 0.1) is 11.3 Å². The first-order valence-electron chi connectivity index (χ1n) is 8.85. The van der Waals surface area contributed by atoms with Gasteiger partial charge < -0.3 is 5.32 Å². The first-order valence-corrected chi connectivity index (χ1v) is 8.85. The summed E-state index contributed by atoms with van der Waals surface area (Å²) < 4.78 is 2.04. The van der Waals surface area contributed by atoms with Gasteiger partial charge in [-0.2, -0.15) is 10.4 Å². The Bertz CT molecular complexity index is 935. The molecule has 0 bridgehead atoms. The summed E-state index contributed by atoms with van der Waals surface area (Å²) in [5, 5.41) is 18.3. The fourth-order valence-corrected chi connectivity index (χ4v) is 3.53. The number of aryl methyl sites for hydroxylation is 3. The molecule has 1 aromatic carbocycles. The minimum absolute atomic E-state index is 0.507. The molecule has 126 valence electrons. The maximum Gasteiger partial charge on any atom is 0.0705 e. The fraction of sp³-hybridized carbons (Fsp3) is 0.350. The van der Waals surface area contributed by atoms with Crippen LogP contribution in [0.5, 0.6) is 0 Å². The van der Waals surface area contributed by atoms with Gasteiger partial charge in [-0.15, -0.1) is 0 Å². The number of hydrogen-bond acceptors (Lipinski definition) is 4. The van der Waals surface area contributed by atoms with E-state index in [1.54, 1.807) is 0 Å². The molecule has 0 spiro atoms. The van der Waals surface area contributed by atoms with E-state index in [0.717, 1.165) is 49.3 Å². The third-order valence-corrected chi connectivity index (χ3v) is 4.80. The van der Waals surface area contributed by atoms with E-state index < -0.39 is 0 Å². The van der Waals surface area contributed by atoms with Crippen molar-refractivity contribution in [2.75, 3.05) is 6.54 Å². The van der Waals surface area contributed by atoms with Gasteiger partial charge in [0.1, 0.15) is 0 Å². The van der Waals surface area contributed by atoms with Gasteiger partial charge in [-0.05, 0) is 25.0 Å². The Labute approximate surface area is 147 Å². The van der Waals surface area contributed by atoms with E-state index in [-0.39, 0.29) is 0 Å². The summed E-state index contributed by atoms with van der Waals surface area (Å²) in [6.07, 6.45) is 3.26. The number of nitrogens with zero attached hydrogens (tertiary/aromatic N) is 4. The molecule has 1 aliphatic rings. The summed E-state index contributed by atoms with van der Waals surface area (Å²) in [6, 6.07) is 14.7. The summed E-state index contributed by atoms with van der Waals surface area (Å²) in [5.41, 5.74) is 5.92. The van der Waals surface area contributed by atoms with E-state index in [0.29, 0.717) is 13.0 Å². The number of aromatic nitrogens is 3. The average molecular weight is 331 g/mol. The highest BCUT2D eigenvalue weighted by atomic mass is 15.3. The first kappa shape index (κ1) is 15.8. The van der Waals surface area contributed by atoms with Crippen LogP contribution in [0.25, 0.3) is 10.9 Å². The van der Waals surface area contributed by atoms with E-state index >= 15 is 0 Å². The van der Waals surface area contributed by atoms with Gasteiger partial charge >= 0.3 is 0 Å². The van der Waals surface area contributed by atoms with Crippen LogP contribution in [0.4, 0.5) is 0 Å². The largest absolute Gasteiger partial charge is 0.312 e. The second kappa shape index (κ2) is 7.04. The van der Waals surface area contributed by atoms with E-state index in [9.17, 15) is 0 Å². The second-order valence-electron chi connectivity index (χ2n) is 6.43. The summed E-state index contributed by atoms with van der Waals surface area (Å²) in [7, 11) is 0. The van der Waals surface area contributed by atoms with Crippen molar-refractivity contribution < 1.29 is 0 Å². The van der Waals surface area contributed by atoms with Crippen LogP contribution >= 0.6 is 0 Å². The Morgan fingerprint density at radius 1 is 1.16 bits per heavy atom. The van der Waals surface area contributed by atoms with Gasteiger partial charge in [-0.3, -0.25) is 9.67 Å². The van der Waals surface area contributed by atoms with Gasteiger partial charge in [0.25, 0.3) is 0 Å². The van der Waals surface area contributed by atoms with Gasteiger partial charge in [-0.1, -0.05) is 24.3 Å². The maximum absolute atomic E-state index is 8.87. The molecule has 1 aliphatic heterocycles. The summed E-state index contributed by atoms with van der Waals surface area (Å²) >= 11 is 0. The Morgan fingerprint density at radius 2 is 2.08 bits per heavy atom. The SMILES string of the molecule is N#CCCn1nc(CCc2ccc3ccccc3n2)c2c1CCNC2. The third kappa shape index (κ3) is 3.26. The number of nitriles is 1. The summed E-state index contributed by atoms with van der Waals surface area (Å²) in [6.45, 7) is 2.55. The molecule has 0 unspecified atom stereocenters. The average Bonchev–Trinajstić information content (AvgIpc) is 3.02. The van der Waals surface area contributed by atoms with Crippen molar-refractivity contribution in [3.05, 3.63) is 59.0 Å². The highest BCUT2D eigenvalue weighted by Crippen LogP contribution is 2.21. The van der Waals surface area contributed by atoms with Gasteiger partial charge in [0.15, 0.2) is 0 Å². The number of pyridine rings is 1. The van der Waals surface area contributed by atoms with E-state index in [4.69, 9.17) is 15.3 Å². The highest BCUT2D eigenvalue weighted by Gasteiger charge is 2.20. The molecule has 5 heteroatoms. The van der Waals surface area contributed by atoms with Crippen LogP contribution in [0.3, 0.4) is 0 Å². The number of benzene rings is 1. The van der Waals surface area contributed by atoms with Crippen LogP contribution < -0.4 is 5.32 Å². The number of hydrogen-bond donors (Lipinski definition) is 1. The molecule has 0 aliphatic carbocycles. The minimum Gasteiger partial charge on any atom is -0.312 e. The topological polar surface area (TPSA) is 66.5 Å². The van der Waals surface area contributed by atoms with Crippen molar-refractivity contribution >= 4 is 10.9 Å². The zero-order valence-corrected chi connectivity index (χ0v) is 14.2. The lowest BCUT2D eigenvalue weighted by Crippen LogP contribution is -2.25. The van der Waals surface area contributed by atoms with Crippen molar-refractivity contribution in [1.82, 2.24) is 20.1 Å². The van der Waals surface area contributed by atoms with Gasteiger partial charge in [-0.25, -0.2) is 0 Å². The zero-order valence-electron chi connectivity index (χ0n) is 14.2.